The Morgan fingerprint density at radius 2 is 1.51 bits per heavy atom. The highest BCUT2D eigenvalue weighted by atomic mass is 32.2. The van der Waals surface area contributed by atoms with Crippen LogP contribution in [0.15, 0.2) is 126 Å². The molecule has 47 heavy (non-hydrogen) atoms. The summed E-state index contributed by atoms with van der Waals surface area (Å²) in [6.07, 6.45) is 0.540. The van der Waals surface area contributed by atoms with Crippen molar-refractivity contribution in [3.05, 3.63) is 138 Å². The predicted molar refractivity (Wildman–Crippen MR) is 188 cm³/mol. The summed E-state index contributed by atoms with van der Waals surface area (Å²) in [5.41, 5.74) is 3.60. The summed E-state index contributed by atoms with van der Waals surface area (Å²) in [5.74, 6) is 0.591. The van der Waals surface area contributed by atoms with Crippen LogP contribution >= 0.6 is 0 Å². The van der Waals surface area contributed by atoms with Crippen molar-refractivity contribution in [2.24, 2.45) is 0 Å². The van der Waals surface area contributed by atoms with Gasteiger partial charge in [0.1, 0.15) is 5.75 Å². The Kier molecular flexibility index (Phi) is 10.0. The van der Waals surface area contributed by atoms with Gasteiger partial charge < -0.3 is 9.64 Å². The van der Waals surface area contributed by atoms with E-state index >= 15 is 0 Å². The van der Waals surface area contributed by atoms with E-state index in [1.54, 1.807) is 18.2 Å². The maximum absolute atomic E-state index is 14.6. The first-order chi connectivity index (χ1) is 22.9. The number of benzene rings is 5. The molecule has 0 aliphatic carbocycles. The average Bonchev–Trinajstić information content (AvgIpc) is 3.11. The summed E-state index contributed by atoms with van der Waals surface area (Å²) in [6.45, 7) is 7.47. The van der Waals surface area contributed by atoms with Crippen LogP contribution in [0.3, 0.4) is 0 Å². The molecule has 1 N–H and O–H groups in total. The highest BCUT2D eigenvalue weighted by Crippen LogP contribution is 2.40. The Morgan fingerprint density at radius 1 is 0.830 bits per heavy atom. The number of nitrogens with zero attached hydrogens (tertiary/aromatic N) is 2. The Labute approximate surface area is 277 Å². The maximum atomic E-state index is 14.6. The second-order valence-electron chi connectivity index (χ2n) is 11.9. The van der Waals surface area contributed by atoms with Crippen LogP contribution in [0.2, 0.25) is 0 Å². The largest absolute Gasteiger partial charge is 0.493 e. The molecular weight excluding hydrogens is 607 g/mol. The molecule has 242 valence electrons. The second-order valence-corrected chi connectivity index (χ2v) is 13.6. The van der Waals surface area contributed by atoms with E-state index in [0.29, 0.717) is 18.6 Å². The van der Waals surface area contributed by atoms with Gasteiger partial charge in [0, 0.05) is 30.6 Å². The van der Waals surface area contributed by atoms with Crippen molar-refractivity contribution in [1.82, 2.24) is 9.62 Å². The van der Waals surface area contributed by atoms with Gasteiger partial charge in [0.25, 0.3) is 0 Å². The van der Waals surface area contributed by atoms with E-state index < -0.39 is 16.1 Å². The minimum atomic E-state index is -3.98. The molecule has 1 aliphatic rings. The van der Waals surface area contributed by atoms with Crippen LogP contribution in [-0.4, -0.2) is 38.9 Å². The van der Waals surface area contributed by atoms with Crippen LogP contribution in [0.25, 0.3) is 10.8 Å². The third-order valence-electron chi connectivity index (χ3n) is 8.91. The van der Waals surface area contributed by atoms with Crippen molar-refractivity contribution in [3.63, 3.8) is 0 Å². The lowest BCUT2D eigenvalue weighted by Gasteiger charge is -2.37. The van der Waals surface area contributed by atoms with Gasteiger partial charge in [-0.25, -0.2) is 13.1 Å². The quantitative estimate of drug-likeness (QED) is 0.151. The number of carbonyl (C=O) groups is 1. The smallest absolute Gasteiger partial charge is 0.241 e. The van der Waals surface area contributed by atoms with Crippen LogP contribution in [0.1, 0.15) is 55.5 Å². The highest BCUT2D eigenvalue weighted by molar-refractivity contribution is 7.89. The molecule has 0 radical (unpaired) electrons. The molecule has 0 saturated heterocycles. The highest BCUT2D eigenvalue weighted by Gasteiger charge is 2.34. The lowest BCUT2D eigenvalue weighted by molar-refractivity contribution is -0.119. The van der Waals surface area contributed by atoms with Crippen molar-refractivity contribution in [2.45, 2.75) is 50.2 Å². The van der Waals surface area contributed by atoms with Crippen molar-refractivity contribution in [2.75, 3.05) is 24.6 Å². The summed E-state index contributed by atoms with van der Waals surface area (Å²) in [7, 11) is -3.98. The molecule has 0 spiro atoms. The van der Waals surface area contributed by atoms with Gasteiger partial charge in [-0.1, -0.05) is 98.8 Å². The third-order valence-corrected chi connectivity index (χ3v) is 10.4. The summed E-state index contributed by atoms with van der Waals surface area (Å²) in [5, 5.41) is 1.79. The molecule has 1 heterocycles. The lowest BCUT2D eigenvalue weighted by Crippen LogP contribution is -2.40. The van der Waals surface area contributed by atoms with Gasteiger partial charge in [0.2, 0.25) is 15.9 Å². The third kappa shape index (κ3) is 7.41. The number of carbonyl (C=O) groups excluding carboxylic acids is 1. The number of nitrogens with one attached hydrogen (secondary N) is 1. The van der Waals surface area contributed by atoms with Crippen molar-refractivity contribution < 1.29 is 17.9 Å². The summed E-state index contributed by atoms with van der Waals surface area (Å²) < 4.78 is 36.7. The van der Waals surface area contributed by atoms with E-state index in [9.17, 15) is 13.2 Å². The number of amides is 1. The Morgan fingerprint density at radius 3 is 2.23 bits per heavy atom. The van der Waals surface area contributed by atoms with Gasteiger partial charge in [0.05, 0.1) is 23.6 Å². The number of fused-ring (bicyclic) bond motifs is 2. The Balaban J connectivity index is 1.35. The average molecular weight is 648 g/mol. The zero-order valence-electron chi connectivity index (χ0n) is 26.9. The first-order valence-electron chi connectivity index (χ1n) is 16.3. The van der Waals surface area contributed by atoms with Gasteiger partial charge in [-0.05, 0) is 71.4 Å². The number of hydrogen-bond donors (Lipinski definition) is 1. The number of rotatable bonds is 12. The first kappa shape index (κ1) is 32.4. The number of hydrogen-bond acceptors (Lipinski definition) is 5. The molecule has 0 fully saturated rings. The van der Waals surface area contributed by atoms with Crippen molar-refractivity contribution in [3.8, 4) is 5.75 Å². The first-order valence-corrected chi connectivity index (χ1v) is 17.8. The Bertz CT molecular complexity index is 1930. The lowest BCUT2D eigenvalue weighted by atomic mass is 9.94. The zero-order chi connectivity index (χ0) is 32.8. The fraction of sp³-hybridized carbons (Fsp3) is 0.256. The van der Waals surface area contributed by atoms with E-state index in [-0.39, 0.29) is 23.3 Å². The van der Waals surface area contributed by atoms with Gasteiger partial charge >= 0.3 is 0 Å². The van der Waals surface area contributed by atoms with E-state index in [1.807, 2.05) is 95.9 Å². The second kappa shape index (κ2) is 14.5. The van der Waals surface area contributed by atoms with E-state index in [4.69, 9.17) is 4.74 Å². The number of ether oxygens (including phenoxy) is 1. The number of sulfonamides is 1. The molecule has 0 saturated carbocycles. The van der Waals surface area contributed by atoms with Gasteiger partial charge in [0.15, 0.2) is 0 Å². The molecule has 2 unspecified atom stereocenters. The van der Waals surface area contributed by atoms with Crippen LogP contribution in [-0.2, 0) is 21.4 Å². The standard InChI is InChI=1S/C39H41N3O4S/c1-3-41(4-2)28-29-19-22-38-35(25-29)37(23-24-46-38)42(33-17-9-6-10-18-33)39(43)27-36(31-14-7-5-8-15-31)40-47(44,45)34-21-20-30-13-11-12-16-32(30)26-34/h5-22,25-26,36-37,40H,3-4,23-24,27-28H2,1-2H3. The SMILES string of the molecule is CCN(CC)Cc1ccc2c(c1)C(N(C(=O)CC(NS(=O)(=O)c1ccc3ccccc3c1)c1ccccc1)c1ccccc1)CCO2. The van der Waals surface area contributed by atoms with Gasteiger partial charge in [-0.15, -0.1) is 0 Å². The number of para-hydroxylation sites is 1. The summed E-state index contributed by atoms with van der Waals surface area (Å²) in [4.78, 5) is 19.0. The molecule has 5 aromatic rings. The maximum Gasteiger partial charge on any atom is 0.241 e. The van der Waals surface area contributed by atoms with Crippen LogP contribution in [0.4, 0.5) is 5.69 Å². The molecule has 7 nitrogen and oxygen atoms in total. The summed E-state index contributed by atoms with van der Waals surface area (Å²) in [6, 6.07) is 36.9. The molecule has 2 atom stereocenters. The van der Waals surface area contributed by atoms with Crippen LogP contribution < -0.4 is 14.4 Å². The minimum absolute atomic E-state index is 0.0719. The van der Waals surface area contributed by atoms with Crippen LogP contribution in [0, 0.1) is 0 Å². The zero-order valence-corrected chi connectivity index (χ0v) is 27.7. The topological polar surface area (TPSA) is 79.0 Å². The number of anilines is 1. The predicted octanol–water partition coefficient (Wildman–Crippen LogP) is 7.65. The Hall–Kier alpha value is -4.50. The normalized spacial score (nSPS) is 15.2. The van der Waals surface area contributed by atoms with E-state index in [0.717, 1.165) is 53.0 Å². The minimum Gasteiger partial charge on any atom is -0.493 e. The molecule has 6 rings (SSSR count). The van der Waals surface area contributed by atoms with Gasteiger partial charge in [-0.2, -0.15) is 0 Å². The molecular formula is C39H41N3O4S. The van der Waals surface area contributed by atoms with Crippen molar-refractivity contribution >= 4 is 32.4 Å². The fourth-order valence-electron chi connectivity index (χ4n) is 6.36. The monoisotopic (exact) mass is 647 g/mol. The van der Waals surface area contributed by atoms with Crippen molar-refractivity contribution in [1.29, 1.82) is 0 Å². The molecule has 0 bridgehead atoms. The molecule has 1 amide bonds. The summed E-state index contributed by atoms with van der Waals surface area (Å²) >= 11 is 0. The molecule has 8 heteroatoms. The van der Waals surface area contributed by atoms with E-state index in [2.05, 4.69) is 35.6 Å². The molecule has 1 aliphatic heterocycles. The fourth-order valence-corrected chi connectivity index (χ4v) is 7.62. The molecule has 0 aromatic heterocycles. The van der Waals surface area contributed by atoms with E-state index in [1.165, 1.54) is 0 Å². The van der Waals surface area contributed by atoms with Crippen LogP contribution in [0.5, 0.6) is 5.75 Å². The van der Waals surface area contributed by atoms with Gasteiger partial charge in [-0.3, -0.25) is 9.69 Å². The molecule has 5 aromatic carbocycles.